The average molecular weight is 385 g/mol. The molecule has 1 aromatic carbocycles. The monoisotopic (exact) mass is 385 g/mol. The van der Waals surface area contributed by atoms with E-state index in [-0.39, 0.29) is 5.91 Å². The van der Waals surface area contributed by atoms with Crippen LogP contribution in [0.4, 0.5) is 5.13 Å². The van der Waals surface area contributed by atoms with Gasteiger partial charge in [-0.1, -0.05) is 12.1 Å². The maximum absolute atomic E-state index is 12.2. The molecule has 2 N–H and O–H groups in total. The molecule has 98 valence electrons. The van der Waals surface area contributed by atoms with E-state index in [1.165, 1.54) is 4.88 Å². The Hall–Kier alpha value is -0.990. The first-order valence-electron chi connectivity index (χ1n) is 5.99. The molecule has 1 aliphatic heterocycles. The highest BCUT2D eigenvalue weighted by atomic mass is 127. The predicted molar refractivity (Wildman–Crippen MR) is 84.6 cm³/mol. The fraction of sp³-hybridized carbons (Fsp3) is 0.231. The van der Waals surface area contributed by atoms with Gasteiger partial charge in [-0.25, -0.2) is 4.98 Å². The number of aromatic nitrogens is 1. The van der Waals surface area contributed by atoms with Gasteiger partial charge in [-0.15, -0.1) is 11.3 Å². The lowest BCUT2D eigenvalue weighted by atomic mass is 10.2. The number of rotatable bonds is 2. The SMILES string of the molecule is O=C(Nc1nc2c(s1)CNCC2)c1ccccc1I. The van der Waals surface area contributed by atoms with Crippen molar-refractivity contribution in [1.29, 1.82) is 0 Å². The van der Waals surface area contributed by atoms with E-state index in [1.54, 1.807) is 11.3 Å². The Morgan fingerprint density at radius 1 is 1.42 bits per heavy atom. The molecule has 0 saturated heterocycles. The summed E-state index contributed by atoms with van der Waals surface area (Å²) in [7, 11) is 0. The van der Waals surface area contributed by atoms with Crippen molar-refractivity contribution in [1.82, 2.24) is 10.3 Å². The van der Waals surface area contributed by atoms with Crippen LogP contribution in [0.3, 0.4) is 0 Å². The van der Waals surface area contributed by atoms with E-state index in [9.17, 15) is 4.79 Å². The minimum atomic E-state index is -0.0935. The Morgan fingerprint density at radius 3 is 3.05 bits per heavy atom. The van der Waals surface area contributed by atoms with Crippen molar-refractivity contribution in [3.05, 3.63) is 44.0 Å². The number of carbonyl (C=O) groups is 1. The van der Waals surface area contributed by atoms with E-state index in [0.29, 0.717) is 10.7 Å². The van der Waals surface area contributed by atoms with Crippen LogP contribution in [0.1, 0.15) is 20.9 Å². The lowest BCUT2D eigenvalue weighted by Gasteiger charge is -2.09. The zero-order chi connectivity index (χ0) is 13.2. The molecule has 2 aromatic rings. The number of hydrogen-bond acceptors (Lipinski definition) is 4. The van der Waals surface area contributed by atoms with Gasteiger partial charge in [0.15, 0.2) is 5.13 Å². The zero-order valence-corrected chi connectivity index (χ0v) is 13.0. The van der Waals surface area contributed by atoms with Gasteiger partial charge >= 0.3 is 0 Å². The minimum absolute atomic E-state index is 0.0935. The molecule has 1 aliphatic rings. The Balaban J connectivity index is 1.80. The number of nitrogens with zero attached hydrogens (tertiary/aromatic N) is 1. The van der Waals surface area contributed by atoms with E-state index in [2.05, 4.69) is 38.2 Å². The van der Waals surface area contributed by atoms with Gasteiger partial charge in [0.25, 0.3) is 5.91 Å². The molecular formula is C13H12IN3OS. The second-order valence-electron chi connectivity index (χ2n) is 4.25. The van der Waals surface area contributed by atoms with E-state index in [4.69, 9.17) is 0 Å². The summed E-state index contributed by atoms with van der Waals surface area (Å²) in [6.07, 6.45) is 0.935. The van der Waals surface area contributed by atoms with Crippen molar-refractivity contribution in [2.75, 3.05) is 11.9 Å². The molecule has 2 heterocycles. The summed E-state index contributed by atoms with van der Waals surface area (Å²) in [6.45, 7) is 1.81. The van der Waals surface area contributed by atoms with Crippen LogP contribution in [0, 0.1) is 3.57 Å². The Morgan fingerprint density at radius 2 is 2.26 bits per heavy atom. The summed E-state index contributed by atoms with van der Waals surface area (Å²) in [6, 6.07) is 7.54. The molecule has 4 nitrogen and oxygen atoms in total. The Kier molecular flexibility index (Phi) is 3.81. The molecule has 19 heavy (non-hydrogen) atoms. The van der Waals surface area contributed by atoms with Gasteiger partial charge in [-0.2, -0.15) is 0 Å². The molecule has 0 bridgehead atoms. The van der Waals surface area contributed by atoms with Crippen LogP contribution in [-0.2, 0) is 13.0 Å². The Bertz CT molecular complexity index is 603. The maximum atomic E-state index is 12.2. The maximum Gasteiger partial charge on any atom is 0.258 e. The molecule has 0 fully saturated rings. The van der Waals surface area contributed by atoms with E-state index >= 15 is 0 Å². The van der Waals surface area contributed by atoms with Gasteiger partial charge in [0, 0.05) is 28.0 Å². The second-order valence-corrected chi connectivity index (χ2v) is 6.50. The molecular weight excluding hydrogens is 373 g/mol. The normalized spacial score (nSPS) is 13.9. The first-order valence-corrected chi connectivity index (χ1v) is 7.89. The first kappa shape index (κ1) is 13.0. The van der Waals surface area contributed by atoms with Crippen molar-refractivity contribution < 1.29 is 4.79 Å². The van der Waals surface area contributed by atoms with Crippen LogP contribution in [-0.4, -0.2) is 17.4 Å². The van der Waals surface area contributed by atoms with Crippen LogP contribution in [0.2, 0.25) is 0 Å². The van der Waals surface area contributed by atoms with Crippen molar-refractivity contribution in [2.45, 2.75) is 13.0 Å². The van der Waals surface area contributed by atoms with Gasteiger partial charge in [-0.05, 0) is 34.7 Å². The summed E-state index contributed by atoms with van der Waals surface area (Å²) >= 11 is 3.72. The molecule has 3 rings (SSSR count). The van der Waals surface area contributed by atoms with Gasteiger partial charge in [0.2, 0.25) is 0 Å². The number of thiazole rings is 1. The molecule has 0 radical (unpaired) electrons. The predicted octanol–water partition coefficient (Wildman–Crippen LogP) is 2.65. The second kappa shape index (κ2) is 5.56. The van der Waals surface area contributed by atoms with Crippen LogP contribution < -0.4 is 10.6 Å². The molecule has 1 aromatic heterocycles. The van der Waals surface area contributed by atoms with E-state index < -0.39 is 0 Å². The fourth-order valence-corrected chi connectivity index (χ4v) is 3.59. The minimum Gasteiger partial charge on any atom is -0.311 e. The van der Waals surface area contributed by atoms with Gasteiger partial charge in [0.05, 0.1) is 11.3 Å². The lowest BCUT2D eigenvalue weighted by molar-refractivity contribution is 0.102. The third kappa shape index (κ3) is 2.80. The Labute approximate surface area is 128 Å². The van der Waals surface area contributed by atoms with Gasteiger partial charge < -0.3 is 5.32 Å². The highest BCUT2D eigenvalue weighted by Crippen LogP contribution is 2.26. The highest BCUT2D eigenvalue weighted by Gasteiger charge is 2.17. The fourth-order valence-electron chi connectivity index (χ4n) is 1.99. The highest BCUT2D eigenvalue weighted by molar-refractivity contribution is 14.1. The van der Waals surface area contributed by atoms with Crippen LogP contribution in [0.5, 0.6) is 0 Å². The molecule has 0 aliphatic carbocycles. The van der Waals surface area contributed by atoms with Gasteiger partial charge in [-0.3, -0.25) is 10.1 Å². The number of amides is 1. The van der Waals surface area contributed by atoms with Crippen molar-refractivity contribution in [2.24, 2.45) is 0 Å². The molecule has 0 unspecified atom stereocenters. The van der Waals surface area contributed by atoms with Gasteiger partial charge in [0.1, 0.15) is 0 Å². The number of benzene rings is 1. The van der Waals surface area contributed by atoms with Crippen LogP contribution in [0.25, 0.3) is 0 Å². The van der Waals surface area contributed by atoms with Crippen molar-refractivity contribution in [3.8, 4) is 0 Å². The number of fused-ring (bicyclic) bond motifs is 1. The molecule has 0 atom stereocenters. The van der Waals surface area contributed by atoms with E-state index in [0.717, 1.165) is 28.8 Å². The summed E-state index contributed by atoms with van der Waals surface area (Å²) in [5.74, 6) is -0.0935. The topological polar surface area (TPSA) is 54.0 Å². The third-order valence-electron chi connectivity index (χ3n) is 2.94. The third-order valence-corrected chi connectivity index (χ3v) is 4.90. The number of anilines is 1. The number of hydrogen-bond donors (Lipinski definition) is 2. The van der Waals surface area contributed by atoms with E-state index in [1.807, 2.05) is 24.3 Å². The average Bonchev–Trinajstić information content (AvgIpc) is 2.81. The smallest absolute Gasteiger partial charge is 0.258 e. The largest absolute Gasteiger partial charge is 0.311 e. The molecule has 1 amide bonds. The number of nitrogens with one attached hydrogen (secondary N) is 2. The standard InChI is InChI=1S/C13H12IN3OS/c14-9-4-2-1-3-8(9)12(18)17-13-16-10-5-6-15-7-11(10)19-13/h1-4,15H,5-7H2,(H,16,17,18). The quantitative estimate of drug-likeness (QED) is 0.782. The zero-order valence-electron chi connectivity index (χ0n) is 10.1. The summed E-state index contributed by atoms with van der Waals surface area (Å²) in [5, 5.41) is 6.89. The molecule has 0 spiro atoms. The first-order chi connectivity index (χ1) is 9.24. The lowest BCUT2D eigenvalue weighted by Crippen LogP contribution is -2.22. The van der Waals surface area contributed by atoms with Crippen molar-refractivity contribution >= 4 is 45.0 Å². The summed E-state index contributed by atoms with van der Waals surface area (Å²) in [4.78, 5) is 17.9. The number of halogens is 1. The molecule has 0 saturated carbocycles. The summed E-state index contributed by atoms with van der Waals surface area (Å²) < 4.78 is 0.945. The van der Waals surface area contributed by atoms with Crippen molar-refractivity contribution in [3.63, 3.8) is 0 Å². The summed E-state index contributed by atoms with van der Waals surface area (Å²) in [5.41, 5.74) is 1.80. The number of carbonyl (C=O) groups excluding carboxylic acids is 1. The molecule has 6 heteroatoms. The van der Waals surface area contributed by atoms with Crippen LogP contribution in [0.15, 0.2) is 24.3 Å². The van der Waals surface area contributed by atoms with Crippen LogP contribution >= 0.6 is 33.9 Å².